The number of amides is 1. The Morgan fingerprint density at radius 3 is 2.83 bits per heavy atom. The summed E-state index contributed by atoms with van der Waals surface area (Å²) in [5.74, 6) is -0.511. The van der Waals surface area contributed by atoms with Gasteiger partial charge in [-0.2, -0.15) is 0 Å². The first kappa shape index (κ1) is 17.4. The number of para-hydroxylation sites is 1. The number of thiazole rings is 1. The zero-order chi connectivity index (χ0) is 20.0. The SMILES string of the molecule is Cc1cn2cc(-c3cccc(NC(=O)c4cc5ccccc5oc4=O)c3)nc2s1. The van der Waals surface area contributed by atoms with Crippen molar-refractivity contribution in [1.82, 2.24) is 9.38 Å². The van der Waals surface area contributed by atoms with E-state index in [0.29, 0.717) is 16.7 Å². The second-order valence-electron chi connectivity index (χ2n) is 6.68. The fourth-order valence-corrected chi connectivity index (χ4v) is 4.03. The molecule has 0 bridgehead atoms. The first-order chi connectivity index (χ1) is 14.1. The number of nitrogens with zero attached hydrogens (tertiary/aromatic N) is 2. The lowest BCUT2D eigenvalue weighted by Crippen LogP contribution is -2.20. The molecular weight excluding hydrogens is 386 g/mol. The predicted molar refractivity (Wildman–Crippen MR) is 114 cm³/mol. The Morgan fingerprint density at radius 1 is 1.10 bits per heavy atom. The first-order valence-corrected chi connectivity index (χ1v) is 9.78. The van der Waals surface area contributed by atoms with Gasteiger partial charge in [-0.05, 0) is 31.2 Å². The summed E-state index contributed by atoms with van der Waals surface area (Å²) in [6, 6.07) is 16.0. The van der Waals surface area contributed by atoms with Crippen molar-refractivity contribution in [2.75, 3.05) is 5.32 Å². The Hall–Kier alpha value is -3.71. The molecule has 0 radical (unpaired) electrons. The van der Waals surface area contributed by atoms with Gasteiger partial charge >= 0.3 is 5.63 Å². The van der Waals surface area contributed by atoms with Crippen molar-refractivity contribution in [3.8, 4) is 11.3 Å². The molecule has 0 unspecified atom stereocenters. The molecule has 0 aliphatic carbocycles. The van der Waals surface area contributed by atoms with Crippen molar-refractivity contribution >= 4 is 38.9 Å². The number of anilines is 1. The van der Waals surface area contributed by atoms with Gasteiger partial charge in [-0.3, -0.25) is 9.20 Å². The zero-order valence-electron chi connectivity index (χ0n) is 15.4. The van der Waals surface area contributed by atoms with E-state index in [1.54, 1.807) is 41.7 Å². The van der Waals surface area contributed by atoms with Gasteiger partial charge in [0.15, 0.2) is 4.96 Å². The highest BCUT2D eigenvalue weighted by atomic mass is 32.1. The maximum Gasteiger partial charge on any atom is 0.349 e. The number of carbonyl (C=O) groups is 1. The van der Waals surface area contributed by atoms with Crippen molar-refractivity contribution in [2.45, 2.75) is 6.92 Å². The fraction of sp³-hybridized carbons (Fsp3) is 0.0455. The first-order valence-electron chi connectivity index (χ1n) is 8.97. The molecule has 0 spiro atoms. The van der Waals surface area contributed by atoms with Crippen LogP contribution in [0.3, 0.4) is 0 Å². The van der Waals surface area contributed by atoms with Crippen molar-refractivity contribution in [3.05, 3.63) is 87.9 Å². The molecule has 142 valence electrons. The van der Waals surface area contributed by atoms with Crippen molar-refractivity contribution in [2.24, 2.45) is 0 Å². The van der Waals surface area contributed by atoms with Crippen LogP contribution in [0, 0.1) is 6.92 Å². The number of aryl methyl sites for hydroxylation is 1. The van der Waals surface area contributed by atoms with Crippen molar-refractivity contribution < 1.29 is 9.21 Å². The van der Waals surface area contributed by atoms with Gasteiger partial charge in [-0.25, -0.2) is 9.78 Å². The van der Waals surface area contributed by atoms with E-state index in [9.17, 15) is 9.59 Å². The topological polar surface area (TPSA) is 76.6 Å². The van der Waals surface area contributed by atoms with Gasteiger partial charge in [-0.15, -0.1) is 11.3 Å². The Morgan fingerprint density at radius 2 is 1.97 bits per heavy atom. The lowest BCUT2D eigenvalue weighted by atomic mass is 10.1. The number of fused-ring (bicyclic) bond motifs is 2. The number of imidazole rings is 1. The standard InChI is InChI=1S/C22H15N3O3S/c1-13-11-25-12-18(24-22(25)29-13)14-6-4-7-16(9-14)23-20(26)17-10-15-5-2-3-8-19(15)28-21(17)27/h2-12H,1H3,(H,23,26). The summed E-state index contributed by atoms with van der Waals surface area (Å²) in [6.45, 7) is 2.04. The monoisotopic (exact) mass is 401 g/mol. The summed E-state index contributed by atoms with van der Waals surface area (Å²) < 4.78 is 7.24. The number of nitrogens with one attached hydrogen (secondary N) is 1. The summed E-state index contributed by atoms with van der Waals surface area (Å²) in [5, 5.41) is 3.47. The molecule has 3 aromatic heterocycles. The predicted octanol–water partition coefficient (Wildman–Crippen LogP) is 4.73. The lowest BCUT2D eigenvalue weighted by molar-refractivity contribution is 0.102. The van der Waals surface area contributed by atoms with Gasteiger partial charge in [0.25, 0.3) is 5.91 Å². The largest absolute Gasteiger partial charge is 0.422 e. The number of hydrogen-bond acceptors (Lipinski definition) is 5. The number of rotatable bonds is 3. The molecule has 29 heavy (non-hydrogen) atoms. The Labute approximate surface area is 169 Å². The quantitative estimate of drug-likeness (QED) is 0.444. The number of aromatic nitrogens is 2. The molecule has 6 nitrogen and oxygen atoms in total. The molecule has 1 N–H and O–H groups in total. The molecule has 2 aromatic carbocycles. The molecule has 7 heteroatoms. The molecule has 5 rings (SSSR count). The van der Waals surface area contributed by atoms with Gasteiger partial charge in [-0.1, -0.05) is 30.3 Å². The number of hydrogen-bond donors (Lipinski definition) is 1. The Kier molecular flexibility index (Phi) is 4.03. The minimum Gasteiger partial charge on any atom is -0.422 e. The average Bonchev–Trinajstić information content (AvgIpc) is 3.25. The average molecular weight is 401 g/mol. The van der Waals surface area contributed by atoms with E-state index in [4.69, 9.17) is 4.42 Å². The van der Waals surface area contributed by atoms with Gasteiger partial charge in [0.05, 0.1) is 5.69 Å². The van der Waals surface area contributed by atoms with E-state index in [0.717, 1.165) is 16.2 Å². The molecule has 0 saturated heterocycles. The summed E-state index contributed by atoms with van der Waals surface area (Å²) in [5.41, 5.74) is 2.02. The minimum atomic E-state index is -0.665. The molecule has 0 aliphatic heterocycles. The van der Waals surface area contributed by atoms with Crippen LogP contribution in [0.1, 0.15) is 15.2 Å². The van der Waals surface area contributed by atoms with E-state index in [1.165, 1.54) is 4.88 Å². The highest BCUT2D eigenvalue weighted by molar-refractivity contribution is 7.17. The van der Waals surface area contributed by atoms with Crippen LogP contribution >= 0.6 is 11.3 Å². The van der Waals surface area contributed by atoms with Crippen LogP contribution in [0.5, 0.6) is 0 Å². The zero-order valence-corrected chi connectivity index (χ0v) is 16.2. The second kappa shape index (κ2) is 6.72. The third-order valence-corrected chi connectivity index (χ3v) is 5.49. The smallest absolute Gasteiger partial charge is 0.349 e. The molecule has 3 heterocycles. The van der Waals surface area contributed by atoms with E-state index in [1.807, 2.05) is 48.0 Å². The summed E-state index contributed by atoms with van der Waals surface area (Å²) in [4.78, 5) is 31.6. The van der Waals surface area contributed by atoms with Crippen molar-refractivity contribution in [1.29, 1.82) is 0 Å². The third-order valence-electron chi connectivity index (χ3n) is 4.57. The van der Waals surface area contributed by atoms with Crippen LogP contribution in [0.15, 0.2) is 76.2 Å². The molecule has 0 atom stereocenters. The molecule has 1 amide bonds. The van der Waals surface area contributed by atoms with E-state index >= 15 is 0 Å². The van der Waals surface area contributed by atoms with Crippen LogP contribution in [-0.2, 0) is 0 Å². The van der Waals surface area contributed by atoms with Crippen molar-refractivity contribution in [3.63, 3.8) is 0 Å². The van der Waals surface area contributed by atoms with Gasteiger partial charge in [0, 0.05) is 33.9 Å². The fourth-order valence-electron chi connectivity index (χ4n) is 3.22. The van der Waals surface area contributed by atoms with E-state index < -0.39 is 11.5 Å². The van der Waals surface area contributed by atoms with Crippen LogP contribution in [-0.4, -0.2) is 15.3 Å². The normalized spacial score (nSPS) is 11.2. The van der Waals surface area contributed by atoms with Crippen LogP contribution in [0.2, 0.25) is 0 Å². The maximum absolute atomic E-state index is 12.7. The Balaban J connectivity index is 1.45. The number of benzene rings is 2. The molecule has 0 aliphatic rings. The summed E-state index contributed by atoms with van der Waals surface area (Å²) >= 11 is 1.62. The van der Waals surface area contributed by atoms with Crippen LogP contribution in [0.25, 0.3) is 27.2 Å². The summed E-state index contributed by atoms with van der Waals surface area (Å²) in [6.07, 6.45) is 3.98. The Bertz CT molecular complexity index is 1410. The van der Waals surface area contributed by atoms with Gasteiger partial charge < -0.3 is 9.73 Å². The van der Waals surface area contributed by atoms with Gasteiger partial charge in [0.2, 0.25) is 0 Å². The highest BCUT2D eigenvalue weighted by Gasteiger charge is 2.15. The minimum absolute atomic E-state index is 0.0351. The summed E-state index contributed by atoms with van der Waals surface area (Å²) in [7, 11) is 0. The lowest BCUT2D eigenvalue weighted by Gasteiger charge is -2.06. The molecule has 0 saturated carbocycles. The van der Waals surface area contributed by atoms with Crippen LogP contribution in [0.4, 0.5) is 5.69 Å². The van der Waals surface area contributed by atoms with E-state index in [-0.39, 0.29) is 5.56 Å². The van der Waals surface area contributed by atoms with Gasteiger partial charge in [0.1, 0.15) is 11.1 Å². The molecule has 0 fully saturated rings. The van der Waals surface area contributed by atoms with Crippen LogP contribution < -0.4 is 10.9 Å². The molecular formula is C22H15N3O3S. The highest BCUT2D eigenvalue weighted by Crippen LogP contribution is 2.25. The second-order valence-corrected chi connectivity index (χ2v) is 7.89. The number of carbonyl (C=O) groups excluding carboxylic acids is 1. The molecule has 5 aromatic rings. The van der Waals surface area contributed by atoms with E-state index in [2.05, 4.69) is 10.3 Å². The maximum atomic E-state index is 12.7. The third kappa shape index (κ3) is 3.21.